The van der Waals surface area contributed by atoms with Crippen molar-refractivity contribution in [2.75, 3.05) is 18.0 Å². The smallest absolute Gasteiger partial charge is 0.303 e. The van der Waals surface area contributed by atoms with E-state index in [-0.39, 0.29) is 12.3 Å². The maximum Gasteiger partial charge on any atom is 0.303 e. The molecule has 23 heavy (non-hydrogen) atoms. The van der Waals surface area contributed by atoms with Crippen LogP contribution in [0.25, 0.3) is 11.3 Å². The summed E-state index contributed by atoms with van der Waals surface area (Å²) in [4.78, 5) is 20.8. The van der Waals surface area contributed by atoms with Gasteiger partial charge in [-0.3, -0.25) is 4.79 Å². The first-order valence-electron chi connectivity index (χ1n) is 7.74. The van der Waals surface area contributed by atoms with Crippen LogP contribution in [0.2, 0.25) is 0 Å². The van der Waals surface area contributed by atoms with Crippen LogP contribution < -0.4 is 4.90 Å². The fourth-order valence-corrected chi connectivity index (χ4v) is 3.22. The van der Waals surface area contributed by atoms with Crippen LogP contribution in [0.5, 0.6) is 0 Å². The first-order chi connectivity index (χ1) is 11.1. The van der Waals surface area contributed by atoms with Gasteiger partial charge in [-0.15, -0.1) is 0 Å². The van der Waals surface area contributed by atoms with Gasteiger partial charge in [-0.05, 0) is 43.0 Å². The van der Waals surface area contributed by atoms with Crippen molar-refractivity contribution in [1.82, 2.24) is 9.97 Å². The molecule has 0 aromatic carbocycles. The van der Waals surface area contributed by atoms with Crippen molar-refractivity contribution in [3.63, 3.8) is 0 Å². The number of rotatable bonds is 4. The van der Waals surface area contributed by atoms with Crippen LogP contribution >= 0.6 is 12.2 Å². The third kappa shape index (κ3) is 3.96. The number of anilines is 1. The second-order valence-electron chi connectivity index (χ2n) is 5.89. The van der Waals surface area contributed by atoms with Crippen molar-refractivity contribution in [3.8, 4) is 11.3 Å². The summed E-state index contributed by atoms with van der Waals surface area (Å²) in [5.41, 5.74) is 1.93. The van der Waals surface area contributed by atoms with E-state index in [1.165, 1.54) is 0 Å². The molecule has 0 bridgehead atoms. The molecule has 1 unspecified atom stereocenters. The molecule has 2 aromatic heterocycles. The number of aliphatic carboxylic acids is 1. The maximum absolute atomic E-state index is 10.9. The van der Waals surface area contributed by atoms with Gasteiger partial charge < -0.3 is 15.0 Å². The van der Waals surface area contributed by atoms with E-state index in [2.05, 4.69) is 14.9 Å². The Hall–Kier alpha value is -2.21. The Labute approximate surface area is 140 Å². The minimum Gasteiger partial charge on any atom is -0.481 e. The lowest BCUT2D eigenvalue weighted by atomic mass is 9.95. The lowest BCUT2D eigenvalue weighted by Gasteiger charge is -2.33. The monoisotopic (exact) mass is 329 g/mol. The number of hydrogen-bond donors (Lipinski definition) is 2. The van der Waals surface area contributed by atoms with Crippen LogP contribution in [0, 0.1) is 10.6 Å². The molecule has 6 heteroatoms. The average Bonchev–Trinajstić information content (AvgIpc) is 2.55. The van der Waals surface area contributed by atoms with Crippen molar-refractivity contribution in [1.29, 1.82) is 0 Å². The highest BCUT2D eigenvalue weighted by molar-refractivity contribution is 7.71. The number of H-pyrrole nitrogens is 1. The van der Waals surface area contributed by atoms with Crippen LogP contribution in [-0.4, -0.2) is 34.1 Å². The SMILES string of the molecule is O=C(O)CC1CCCN(c2ccc(-c3cccc(=S)[nH]3)cn2)C1. The van der Waals surface area contributed by atoms with Crippen LogP contribution in [0.4, 0.5) is 5.82 Å². The number of carboxylic acids is 1. The van der Waals surface area contributed by atoms with Gasteiger partial charge in [0.05, 0.1) is 0 Å². The summed E-state index contributed by atoms with van der Waals surface area (Å²) in [5, 5.41) is 8.96. The number of carbonyl (C=O) groups is 1. The van der Waals surface area contributed by atoms with Gasteiger partial charge in [-0.2, -0.15) is 0 Å². The predicted molar refractivity (Wildman–Crippen MR) is 92.0 cm³/mol. The van der Waals surface area contributed by atoms with Gasteiger partial charge in [0.25, 0.3) is 0 Å². The molecule has 0 saturated carbocycles. The molecule has 1 saturated heterocycles. The van der Waals surface area contributed by atoms with Crippen molar-refractivity contribution in [2.24, 2.45) is 5.92 Å². The topological polar surface area (TPSA) is 69.2 Å². The number of aromatic nitrogens is 2. The largest absolute Gasteiger partial charge is 0.481 e. The standard InChI is InChI=1S/C17H19N3O2S/c21-17(22)9-12-3-2-8-20(11-12)15-7-6-13(10-18-15)14-4-1-5-16(23)19-14/h1,4-7,10,12H,2-3,8-9,11H2,(H,19,23)(H,21,22). The number of aromatic amines is 1. The molecule has 2 aromatic rings. The van der Waals surface area contributed by atoms with E-state index in [0.29, 0.717) is 4.64 Å². The Balaban J connectivity index is 1.74. The highest BCUT2D eigenvalue weighted by atomic mass is 32.1. The molecule has 1 aliphatic heterocycles. The number of pyridine rings is 2. The number of piperidine rings is 1. The molecular formula is C17H19N3O2S. The molecule has 0 amide bonds. The zero-order valence-corrected chi connectivity index (χ0v) is 13.6. The van der Waals surface area contributed by atoms with Gasteiger partial charge in [-0.25, -0.2) is 4.98 Å². The van der Waals surface area contributed by atoms with Crippen LogP contribution in [0.1, 0.15) is 19.3 Å². The van der Waals surface area contributed by atoms with Crippen LogP contribution in [-0.2, 0) is 4.79 Å². The lowest BCUT2D eigenvalue weighted by Crippen LogP contribution is -2.36. The molecule has 1 fully saturated rings. The summed E-state index contributed by atoms with van der Waals surface area (Å²) < 4.78 is 0.694. The van der Waals surface area contributed by atoms with E-state index in [1.54, 1.807) is 0 Å². The molecule has 5 nitrogen and oxygen atoms in total. The zero-order valence-electron chi connectivity index (χ0n) is 12.7. The quantitative estimate of drug-likeness (QED) is 0.840. The molecular weight excluding hydrogens is 310 g/mol. The second-order valence-corrected chi connectivity index (χ2v) is 6.33. The van der Waals surface area contributed by atoms with E-state index >= 15 is 0 Å². The fraction of sp³-hybridized carbons (Fsp3) is 0.353. The molecule has 0 spiro atoms. The summed E-state index contributed by atoms with van der Waals surface area (Å²) in [6.07, 6.45) is 4.04. The Bertz CT molecular complexity index is 742. The van der Waals surface area contributed by atoms with Gasteiger partial charge in [0.2, 0.25) is 0 Å². The molecule has 120 valence electrons. The van der Waals surface area contributed by atoms with E-state index in [9.17, 15) is 4.79 Å². The number of hydrogen-bond acceptors (Lipinski definition) is 4. The summed E-state index contributed by atoms with van der Waals surface area (Å²) in [7, 11) is 0. The minimum atomic E-state index is -0.723. The Morgan fingerprint density at radius 3 is 2.96 bits per heavy atom. The molecule has 0 aliphatic carbocycles. The number of nitrogens with one attached hydrogen (secondary N) is 1. The molecule has 3 heterocycles. The average molecular weight is 329 g/mol. The summed E-state index contributed by atoms with van der Waals surface area (Å²) in [5.74, 6) is 0.380. The van der Waals surface area contributed by atoms with Gasteiger partial charge in [0, 0.05) is 37.0 Å². The summed E-state index contributed by atoms with van der Waals surface area (Å²) in [6.45, 7) is 1.68. The predicted octanol–water partition coefficient (Wildman–Crippen LogP) is 3.50. The summed E-state index contributed by atoms with van der Waals surface area (Å²) >= 11 is 5.14. The van der Waals surface area contributed by atoms with Gasteiger partial charge in [0.15, 0.2) is 0 Å². The zero-order chi connectivity index (χ0) is 16.2. The molecule has 0 radical (unpaired) electrons. The van der Waals surface area contributed by atoms with Gasteiger partial charge in [-0.1, -0.05) is 18.3 Å². The van der Waals surface area contributed by atoms with Crippen LogP contribution in [0.15, 0.2) is 36.5 Å². The van der Waals surface area contributed by atoms with E-state index < -0.39 is 5.97 Å². The van der Waals surface area contributed by atoms with Crippen molar-refractivity contribution in [2.45, 2.75) is 19.3 Å². The highest BCUT2D eigenvalue weighted by Crippen LogP contribution is 2.25. The second kappa shape index (κ2) is 6.91. The van der Waals surface area contributed by atoms with Crippen molar-refractivity contribution >= 4 is 24.0 Å². The van der Waals surface area contributed by atoms with E-state index in [1.807, 2.05) is 36.5 Å². The Kier molecular flexibility index (Phi) is 4.71. The lowest BCUT2D eigenvalue weighted by molar-refractivity contribution is -0.138. The number of nitrogens with zero attached hydrogens (tertiary/aromatic N) is 2. The third-order valence-corrected chi connectivity index (χ3v) is 4.37. The van der Waals surface area contributed by atoms with Crippen molar-refractivity contribution in [3.05, 3.63) is 41.2 Å². The molecule has 1 aliphatic rings. The highest BCUT2D eigenvalue weighted by Gasteiger charge is 2.22. The van der Waals surface area contributed by atoms with Gasteiger partial charge in [0.1, 0.15) is 10.5 Å². The minimum absolute atomic E-state index is 0.202. The van der Waals surface area contributed by atoms with E-state index in [0.717, 1.165) is 43.0 Å². The third-order valence-electron chi connectivity index (χ3n) is 4.13. The van der Waals surface area contributed by atoms with Crippen molar-refractivity contribution < 1.29 is 9.90 Å². The Morgan fingerprint density at radius 2 is 2.26 bits per heavy atom. The molecule has 2 N–H and O–H groups in total. The first-order valence-corrected chi connectivity index (χ1v) is 8.15. The normalized spacial score (nSPS) is 17.9. The maximum atomic E-state index is 10.9. The summed E-state index contributed by atoms with van der Waals surface area (Å²) in [6, 6.07) is 9.74. The molecule has 3 rings (SSSR count). The van der Waals surface area contributed by atoms with Crippen LogP contribution in [0.3, 0.4) is 0 Å². The number of carboxylic acid groups (broad SMARTS) is 1. The Morgan fingerprint density at radius 1 is 1.39 bits per heavy atom. The molecule has 1 atom stereocenters. The fourth-order valence-electron chi connectivity index (χ4n) is 3.04. The van der Waals surface area contributed by atoms with Gasteiger partial charge >= 0.3 is 5.97 Å². The van der Waals surface area contributed by atoms with E-state index in [4.69, 9.17) is 17.3 Å². The first kappa shape index (κ1) is 15.7.